The van der Waals surface area contributed by atoms with Gasteiger partial charge in [-0.3, -0.25) is 4.90 Å². The standard InChI is InChI=1S/C17H22FN3S/c1-19-17-20-10-16(22-17)12-21-8-2-3-14(11-21)9-13-4-6-15(18)7-5-13/h4-7,10,14H,2-3,8-9,11-12H2,1H3,(H,19,20). The van der Waals surface area contributed by atoms with Crippen LogP contribution in [0.25, 0.3) is 0 Å². The van der Waals surface area contributed by atoms with E-state index in [2.05, 4.69) is 15.2 Å². The van der Waals surface area contributed by atoms with Crippen molar-refractivity contribution in [3.05, 3.63) is 46.7 Å². The Morgan fingerprint density at radius 2 is 2.18 bits per heavy atom. The van der Waals surface area contributed by atoms with Gasteiger partial charge in [0.1, 0.15) is 5.82 Å². The summed E-state index contributed by atoms with van der Waals surface area (Å²) >= 11 is 1.73. The zero-order valence-electron chi connectivity index (χ0n) is 12.9. The quantitative estimate of drug-likeness (QED) is 0.909. The van der Waals surface area contributed by atoms with Gasteiger partial charge in [0.2, 0.25) is 0 Å². The fraction of sp³-hybridized carbons (Fsp3) is 0.471. The molecule has 118 valence electrons. The number of rotatable bonds is 5. The average Bonchev–Trinajstić information content (AvgIpc) is 2.98. The Labute approximate surface area is 135 Å². The molecule has 1 aromatic heterocycles. The molecule has 1 atom stereocenters. The number of benzene rings is 1. The molecule has 2 aromatic rings. The number of nitrogens with one attached hydrogen (secondary N) is 1. The Morgan fingerprint density at radius 3 is 2.91 bits per heavy atom. The SMILES string of the molecule is CNc1ncc(CN2CCCC(Cc3ccc(F)cc3)C2)s1. The summed E-state index contributed by atoms with van der Waals surface area (Å²) in [5.41, 5.74) is 1.24. The first-order valence-electron chi connectivity index (χ1n) is 7.82. The van der Waals surface area contributed by atoms with E-state index in [0.717, 1.165) is 31.2 Å². The van der Waals surface area contributed by atoms with Crippen molar-refractivity contribution in [2.24, 2.45) is 5.92 Å². The number of nitrogens with zero attached hydrogens (tertiary/aromatic N) is 2. The number of piperidine rings is 1. The van der Waals surface area contributed by atoms with E-state index in [9.17, 15) is 4.39 Å². The number of hydrogen-bond acceptors (Lipinski definition) is 4. The Bertz CT molecular complexity index is 596. The zero-order chi connectivity index (χ0) is 15.4. The van der Waals surface area contributed by atoms with Gasteiger partial charge in [0.25, 0.3) is 0 Å². The normalized spacial score (nSPS) is 19.3. The molecule has 2 heterocycles. The van der Waals surface area contributed by atoms with Crippen LogP contribution < -0.4 is 5.32 Å². The van der Waals surface area contributed by atoms with Crippen LogP contribution >= 0.6 is 11.3 Å². The molecule has 0 radical (unpaired) electrons. The fourth-order valence-electron chi connectivity index (χ4n) is 3.13. The monoisotopic (exact) mass is 319 g/mol. The lowest BCUT2D eigenvalue weighted by Crippen LogP contribution is -2.35. The second-order valence-electron chi connectivity index (χ2n) is 5.96. The van der Waals surface area contributed by atoms with Crippen LogP contribution in [-0.2, 0) is 13.0 Å². The molecule has 1 saturated heterocycles. The number of thiazole rings is 1. The van der Waals surface area contributed by atoms with Crippen molar-refractivity contribution < 1.29 is 4.39 Å². The molecule has 1 N–H and O–H groups in total. The van der Waals surface area contributed by atoms with E-state index in [1.54, 1.807) is 23.5 Å². The van der Waals surface area contributed by atoms with E-state index < -0.39 is 0 Å². The molecule has 1 unspecified atom stereocenters. The number of anilines is 1. The third kappa shape index (κ3) is 4.05. The van der Waals surface area contributed by atoms with Crippen molar-refractivity contribution in [1.82, 2.24) is 9.88 Å². The maximum Gasteiger partial charge on any atom is 0.182 e. The van der Waals surface area contributed by atoms with Crippen molar-refractivity contribution in [2.45, 2.75) is 25.8 Å². The van der Waals surface area contributed by atoms with E-state index in [1.165, 1.54) is 23.3 Å². The second kappa shape index (κ2) is 7.20. The molecule has 3 nitrogen and oxygen atoms in total. The first kappa shape index (κ1) is 15.4. The van der Waals surface area contributed by atoms with Crippen molar-refractivity contribution >= 4 is 16.5 Å². The summed E-state index contributed by atoms with van der Waals surface area (Å²) in [5, 5.41) is 4.07. The minimum atomic E-state index is -0.153. The lowest BCUT2D eigenvalue weighted by atomic mass is 9.91. The summed E-state index contributed by atoms with van der Waals surface area (Å²) in [6.45, 7) is 3.26. The van der Waals surface area contributed by atoms with E-state index in [1.807, 2.05) is 25.4 Å². The first-order valence-corrected chi connectivity index (χ1v) is 8.64. The molecule has 1 fully saturated rings. The Morgan fingerprint density at radius 1 is 1.36 bits per heavy atom. The van der Waals surface area contributed by atoms with Gasteiger partial charge in [-0.1, -0.05) is 12.1 Å². The molecule has 0 saturated carbocycles. The van der Waals surface area contributed by atoms with Crippen LogP contribution in [0.15, 0.2) is 30.5 Å². The van der Waals surface area contributed by atoms with Crippen molar-refractivity contribution in [3.63, 3.8) is 0 Å². The van der Waals surface area contributed by atoms with E-state index in [0.29, 0.717) is 5.92 Å². The van der Waals surface area contributed by atoms with Crippen molar-refractivity contribution in [2.75, 3.05) is 25.5 Å². The largest absolute Gasteiger partial charge is 0.365 e. The number of likely N-dealkylation sites (tertiary alicyclic amines) is 1. The predicted molar refractivity (Wildman–Crippen MR) is 89.8 cm³/mol. The Hall–Kier alpha value is -1.46. The fourth-order valence-corrected chi connectivity index (χ4v) is 3.94. The molecule has 1 aliphatic rings. The molecule has 1 aromatic carbocycles. The van der Waals surface area contributed by atoms with Gasteiger partial charge >= 0.3 is 0 Å². The summed E-state index contributed by atoms with van der Waals surface area (Å²) in [4.78, 5) is 8.17. The minimum absolute atomic E-state index is 0.153. The predicted octanol–water partition coefficient (Wildman–Crippen LogP) is 3.78. The highest BCUT2D eigenvalue weighted by Gasteiger charge is 2.20. The number of halogens is 1. The molecule has 0 aliphatic carbocycles. The van der Waals surface area contributed by atoms with E-state index in [-0.39, 0.29) is 5.82 Å². The Kier molecular flexibility index (Phi) is 5.05. The van der Waals surface area contributed by atoms with Crippen LogP contribution in [0.3, 0.4) is 0 Å². The number of aromatic nitrogens is 1. The molecule has 5 heteroatoms. The first-order chi connectivity index (χ1) is 10.7. The topological polar surface area (TPSA) is 28.2 Å². The molecule has 0 amide bonds. The van der Waals surface area contributed by atoms with Crippen molar-refractivity contribution in [1.29, 1.82) is 0 Å². The summed E-state index contributed by atoms with van der Waals surface area (Å²) in [5.74, 6) is 0.510. The van der Waals surface area contributed by atoms with Gasteiger partial charge in [0.05, 0.1) is 0 Å². The minimum Gasteiger partial charge on any atom is -0.365 e. The van der Waals surface area contributed by atoms with Gasteiger partial charge in [0, 0.05) is 31.2 Å². The molecule has 22 heavy (non-hydrogen) atoms. The van der Waals surface area contributed by atoms with Gasteiger partial charge < -0.3 is 5.32 Å². The lowest BCUT2D eigenvalue weighted by molar-refractivity contribution is 0.168. The molecule has 1 aliphatic heterocycles. The van der Waals surface area contributed by atoms with Crippen molar-refractivity contribution in [3.8, 4) is 0 Å². The van der Waals surface area contributed by atoms with E-state index >= 15 is 0 Å². The molecule has 0 bridgehead atoms. The maximum atomic E-state index is 13.0. The zero-order valence-corrected chi connectivity index (χ0v) is 13.7. The van der Waals surface area contributed by atoms with Crippen LogP contribution in [0.4, 0.5) is 9.52 Å². The van der Waals surface area contributed by atoms with Gasteiger partial charge in [-0.15, -0.1) is 11.3 Å². The number of hydrogen-bond donors (Lipinski definition) is 1. The highest BCUT2D eigenvalue weighted by Crippen LogP contribution is 2.25. The van der Waals surface area contributed by atoms with Crippen LogP contribution in [0.5, 0.6) is 0 Å². The second-order valence-corrected chi connectivity index (χ2v) is 7.07. The van der Waals surface area contributed by atoms with Crippen LogP contribution in [0, 0.1) is 11.7 Å². The lowest BCUT2D eigenvalue weighted by Gasteiger charge is -2.32. The van der Waals surface area contributed by atoms with Gasteiger partial charge in [0.15, 0.2) is 5.13 Å². The highest BCUT2D eigenvalue weighted by atomic mass is 32.1. The third-order valence-corrected chi connectivity index (χ3v) is 5.19. The Balaban J connectivity index is 1.55. The molecule has 0 spiro atoms. The third-order valence-electron chi connectivity index (χ3n) is 4.19. The molecular formula is C17H22FN3S. The van der Waals surface area contributed by atoms with Gasteiger partial charge in [-0.25, -0.2) is 9.37 Å². The molecular weight excluding hydrogens is 297 g/mol. The summed E-state index contributed by atoms with van der Waals surface area (Å²) < 4.78 is 13.0. The highest BCUT2D eigenvalue weighted by molar-refractivity contribution is 7.15. The van der Waals surface area contributed by atoms with Gasteiger partial charge in [-0.05, 0) is 49.4 Å². The summed E-state index contributed by atoms with van der Waals surface area (Å²) in [7, 11) is 1.90. The molecule has 3 rings (SSSR count). The van der Waals surface area contributed by atoms with Crippen LogP contribution in [0.1, 0.15) is 23.3 Å². The maximum absolute atomic E-state index is 13.0. The van der Waals surface area contributed by atoms with E-state index in [4.69, 9.17) is 0 Å². The smallest absolute Gasteiger partial charge is 0.182 e. The summed E-state index contributed by atoms with van der Waals surface area (Å²) in [6.07, 6.45) is 5.52. The van der Waals surface area contributed by atoms with Crippen LogP contribution in [0.2, 0.25) is 0 Å². The van der Waals surface area contributed by atoms with Crippen LogP contribution in [-0.4, -0.2) is 30.0 Å². The van der Waals surface area contributed by atoms with Gasteiger partial charge in [-0.2, -0.15) is 0 Å². The summed E-state index contributed by atoms with van der Waals surface area (Å²) in [6, 6.07) is 6.95. The average molecular weight is 319 g/mol.